The Morgan fingerprint density at radius 2 is 2.11 bits per heavy atom. The van der Waals surface area contributed by atoms with Crippen molar-refractivity contribution in [1.82, 2.24) is 0 Å². The molecule has 0 radical (unpaired) electrons. The second-order valence-electron chi connectivity index (χ2n) is 4.29. The van der Waals surface area contributed by atoms with Crippen LogP contribution >= 0.6 is 11.6 Å². The van der Waals surface area contributed by atoms with Gasteiger partial charge in [-0.1, -0.05) is 17.7 Å². The Labute approximate surface area is 119 Å². The average molecular weight is 286 g/mol. The second-order valence-corrected chi connectivity index (χ2v) is 4.69. The Morgan fingerprint density at radius 3 is 2.68 bits per heavy atom. The number of aldehydes is 1. The number of para-hydroxylation sites is 1. The quantitative estimate of drug-likeness (QED) is 0.688. The van der Waals surface area contributed by atoms with E-state index in [4.69, 9.17) is 21.1 Å². The molecule has 4 nitrogen and oxygen atoms in total. The van der Waals surface area contributed by atoms with E-state index >= 15 is 0 Å². The van der Waals surface area contributed by atoms with E-state index in [1.165, 1.54) is 0 Å². The highest BCUT2D eigenvalue weighted by Gasteiger charge is 2.19. The number of benzene rings is 1. The van der Waals surface area contributed by atoms with Gasteiger partial charge in [-0.3, -0.25) is 4.79 Å². The van der Waals surface area contributed by atoms with Crippen LogP contribution in [-0.4, -0.2) is 46.3 Å². The van der Waals surface area contributed by atoms with Crippen molar-refractivity contribution < 1.29 is 14.3 Å². The van der Waals surface area contributed by atoms with E-state index in [1.54, 1.807) is 32.4 Å². The summed E-state index contributed by atoms with van der Waals surface area (Å²) in [5.74, 6) is 0. The van der Waals surface area contributed by atoms with Crippen molar-refractivity contribution in [2.45, 2.75) is 13.0 Å². The topological polar surface area (TPSA) is 38.8 Å². The van der Waals surface area contributed by atoms with E-state index < -0.39 is 0 Å². The summed E-state index contributed by atoms with van der Waals surface area (Å²) in [6, 6.07) is 5.40. The smallest absolute Gasteiger partial charge is 0.152 e. The standard InChI is InChI=1S/C14H20ClNO3/c1-11(10-19-3)16(7-8-18-2)14-12(9-17)5-4-6-13(14)15/h4-6,9,11H,7-8,10H2,1-3H3. The van der Waals surface area contributed by atoms with Crippen LogP contribution in [0.3, 0.4) is 0 Å². The monoisotopic (exact) mass is 285 g/mol. The Kier molecular flexibility index (Phi) is 6.84. The summed E-state index contributed by atoms with van der Waals surface area (Å²) in [4.78, 5) is 13.2. The Morgan fingerprint density at radius 1 is 1.37 bits per heavy atom. The third kappa shape index (κ3) is 4.20. The van der Waals surface area contributed by atoms with E-state index in [-0.39, 0.29) is 6.04 Å². The molecule has 106 valence electrons. The minimum absolute atomic E-state index is 0.0961. The molecule has 0 aliphatic carbocycles. The van der Waals surface area contributed by atoms with E-state index in [0.717, 1.165) is 12.0 Å². The van der Waals surface area contributed by atoms with Crippen LogP contribution in [0.25, 0.3) is 0 Å². The summed E-state index contributed by atoms with van der Waals surface area (Å²) in [6.07, 6.45) is 0.820. The van der Waals surface area contributed by atoms with Crippen molar-refractivity contribution in [3.05, 3.63) is 28.8 Å². The molecule has 0 saturated heterocycles. The van der Waals surface area contributed by atoms with Crippen LogP contribution in [0.2, 0.25) is 5.02 Å². The first-order valence-corrected chi connectivity index (χ1v) is 6.51. The molecular formula is C14H20ClNO3. The number of ether oxygens (including phenoxy) is 2. The molecule has 1 atom stereocenters. The zero-order valence-electron chi connectivity index (χ0n) is 11.6. The van der Waals surface area contributed by atoms with Crippen molar-refractivity contribution in [3.63, 3.8) is 0 Å². The number of anilines is 1. The van der Waals surface area contributed by atoms with Gasteiger partial charge in [0.25, 0.3) is 0 Å². The Hall–Kier alpha value is -1.10. The highest BCUT2D eigenvalue weighted by molar-refractivity contribution is 6.34. The lowest BCUT2D eigenvalue weighted by Gasteiger charge is -2.32. The summed E-state index contributed by atoms with van der Waals surface area (Å²) >= 11 is 6.24. The first-order valence-electron chi connectivity index (χ1n) is 6.13. The number of carbonyl (C=O) groups is 1. The maximum absolute atomic E-state index is 11.2. The van der Waals surface area contributed by atoms with Crippen LogP contribution in [0.5, 0.6) is 0 Å². The fourth-order valence-electron chi connectivity index (χ4n) is 2.00. The molecule has 0 fully saturated rings. The van der Waals surface area contributed by atoms with E-state index in [0.29, 0.717) is 30.3 Å². The summed E-state index contributed by atoms with van der Waals surface area (Å²) in [5.41, 5.74) is 1.31. The molecule has 0 amide bonds. The van der Waals surface area contributed by atoms with Gasteiger partial charge in [0.1, 0.15) is 0 Å². The largest absolute Gasteiger partial charge is 0.383 e. The van der Waals surface area contributed by atoms with Crippen molar-refractivity contribution in [3.8, 4) is 0 Å². The van der Waals surface area contributed by atoms with Crippen LogP contribution in [0, 0.1) is 0 Å². The molecular weight excluding hydrogens is 266 g/mol. The Balaban J connectivity index is 3.11. The van der Waals surface area contributed by atoms with Crippen LogP contribution in [0.15, 0.2) is 18.2 Å². The molecule has 19 heavy (non-hydrogen) atoms. The number of carbonyl (C=O) groups excluding carboxylic acids is 1. The summed E-state index contributed by atoms with van der Waals surface area (Å²) < 4.78 is 10.3. The lowest BCUT2D eigenvalue weighted by molar-refractivity contribution is 0.112. The van der Waals surface area contributed by atoms with E-state index in [2.05, 4.69) is 0 Å². The zero-order chi connectivity index (χ0) is 14.3. The SMILES string of the molecule is COCCN(c1c(Cl)cccc1C=O)C(C)COC. The van der Waals surface area contributed by atoms with Crippen LogP contribution < -0.4 is 4.90 Å². The molecule has 0 heterocycles. The highest BCUT2D eigenvalue weighted by Crippen LogP contribution is 2.30. The van der Waals surface area contributed by atoms with Crippen LogP contribution in [0.1, 0.15) is 17.3 Å². The normalized spacial score (nSPS) is 12.2. The van der Waals surface area contributed by atoms with Crippen molar-refractivity contribution in [1.29, 1.82) is 0 Å². The molecule has 0 aliphatic rings. The van der Waals surface area contributed by atoms with Gasteiger partial charge < -0.3 is 14.4 Å². The van der Waals surface area contributed by atoms with E-state index in [1.807, 2.05) is 11.8 Å². The third-order valence-electron chi connectivity index (χ3n) is 2.91. The van der Waals surface area contributed by atoms with Gasteiger partial charge >= 0.3 is 0 Å². The molecule has 0 spiro atoms. The lowest BCUT2D eigenvalue weighted by atomic mass is 10.1. The zero-order valence-corrected chi connectivity index (χ0v) is 12.3. The molecule has 1 rings (SSSR count). The maximum atomic E-state index is 11.2. The fourth-order valence-corrected chi connectivity index (χ4v) is 2.29. The van der Waals surface area contributed by atoms with Crippen molar-refractivity contribution in [2.75, 3.05) is 38.9 Å². The molecule has 0 bridgehead atoms. The predicted octanol–water partition coefficient (Wildman–Crippen LogP) is 2.64. The number of hydrogen-bond donors (Lipinski definition) is 0. The molecule has 0 N–H and O–H groups in total. The Bertz CT molecular complexity index is 412. The molecule has 1 aromatic carbocycles. The predicted molar refractivity (Wildman–Crippen MR) is 77.4 cm³/mol. The number of rotatable bonds is 8. The number of hydrogen-bond acceptors (Lipinski definition) is 4. The van der Waals surface area contributed by atoms with Crippen LogP contribution in [0.4, 0.5) is 5.69 Å². The third-order valence-corrected chi connectivity index (χ3v) is 3.21. The maximum Gasteiger partial charge on any atom is 0.152 e. The summed E-state index contributed by atoms with van der Waals surface area (Å²) in [6.45, 7) is 3.77. The average Bonchev–Trinajstić information content (AvgIpc) is 2.40. The van der Waals surface area contributed by atoms with E-state index in [9.17, 15) is 4.79 Å². The highest BCUT2D eigenvalue weighted by atomic mass is 35.5. The summed E-state index contributed by atoms with van der Waals surface area (Å²) in [5, 5.41) is 0.559. The van der Waals surface area contributed by atoms with Gasteiger partial charge in [0.15, 0.2) is 6.29 Å². The van der Waals surface area contributed by atoms with Gasteiger partial charge in [0.05, 0.1) is 23.9 Å². The van der Waals surface area contributed by atoms with Crippen LogP contribution in [-0.2, 0) is 9.47 Å². The van der Waals surface area contributed by atoms with Gasteiger partial charge in [-0.05, 0) is 19.1 Å². The number of methoxy groups -OCH3 is 2. The lowest BCUT2D eigenvalue weighted by Crippen LogP contribution is -2.39. The minimum Gasteiger partial charge on any atom is -0.383 e. The minimum atomic E-state index is 0.0961. The molecule has 0 aromatic heterocycles. The van der Waals surface area contributed by atoms with Crippen molar-refractivity contribution in [2.24, 2.45) is 0 Å². The summed E-state index contributed by atoms with van der Waals surface area (Å²) in [7, 11) is 3.30. The number of halogens is 1. The van der Waals surface area contributed by atoms with Gasteiger partial charge in [0, 0.05) is 32.4 Å². The molecule has 1 aromatic rings. The molecule has 0 saturated carbocycles. The van der Waals surface area contributed by atoms with Gasteiger partial charge in [-0.2, -0.15) is 0 Å². The van der Waals surface area contributed by atoms with Gasteiger partial charge in [-0.15, -0.1) is 0 Å². The van der Waals surface area contributed by atoms with Crippen molar-refractivity contribution >= 4 is 23.6 Å². The van der Waals surface area contributed by atoms with Gasteiger partial charge in [-0.25, -0.2) is 0 Å². The number of nitrogens with zero attached hydrogens (tertiary/aromatic N) is 1. The van der Waals surface area contributed by atoms with Gasteiger partial charge in [0.2, 0.25) is 0 Å². The first kappa shape index (κ1) is 16.0. The first-order chi connectivity index (χ1) is 9.15. The molecule has 5 heteroatoms. The second kappa shape index (κ2) is 8.15. The molecule has 1 unspecified atom stereocenters. The molecule has 0 aliphatic heterocycles. The fraction of sp³-hybridized carbons (Fsp3) is 0.500.